The fourth-order valence-corrected chi connectivity index (χ4v) is 4.08. The molecule has 0 saturated heterocycles. The van der Waals surface area contributed by atoms with E-state index >= 15 is 0 Å². The van der Waals surface area contributed by atoms with E-state index in [2.05, 4.69) is 26.1 Å². The van der Waals surface area contributed by atoms with Crippen LogP contribution < -0.4 is 16.0 Å². The van der Waals surface area contributed by atoms with Crippen molar-refractivity contribution >= 4 is 45.7 Å². The first kappa shape index (κ1) is 23.7. The Labute approximate surface area is 196 Å². The number of nitrogens with zero attached hydrogens (tertiary/aromatic N) is 2. The molecule has 2 unspecified atom stereocenters. The van der Waals surface area contributed by atoms with Gasteiger partial charge in [-0.2, -0.15) is 0 Å². The van der Waals surface area contributed by atoms with E-state index in [1.807, 2.05) is 58.0 Å². The molecule has 0 bridgehead atoms. The number of urea groups is 1. The van der Waals surface area contributed by atoms with Crippen molar-refractivity contribution in [2.75, 3.05) is 10.6 Å². The van der Waals surface area contributed by atoms with Gasteiger partial charge in [0.05, 0.1) is 0 Å². The predicted octanol–water partition coefficient (Wildman–Crippen LogP) is 5.65. The van der Waals surface area contributed by atoms with Crippen molar-refractivity contribution in [1.29, 1.82) is 0 Å². The van der Waals surface area contributed by atoms with Crippen LogP contribution in [0, 0.1) is 19.8 Å². The van der Waals surface area contributed by atoms with Gasteiger partial charge >= 0.3 is 6.03 Å². The molecule has 1 heterocycles. The Hall–Kier alpha value is -2.97. The smallest absolute Gasteiger partial charge is 0.319 e. The predicted molar refractivity (Wildman–Crippen MR) is 130 cm³/mol. The summed E-state index contributed by atoms with van der Waals surface area (Å²) in [4.78, 5) is 25.6. The number of carbonyl (C=O) groups excluding carboxylic acids is 2. The maximum Gasteiger partial charge on any atom is 0.319 e. The molecule has 0 fully saturated rings. The molecule has 3 rings (SSSR count). The molecule has 0 aliphatic carbocycles. The van der Waals surface area contributed by atoms with Crippen molar-refractivity contribution < 1.29 is 9.59 Å². The Morgan fingerprint density at radius 1 is 1.09 bits per heavy atom. The van der Waals surface area contributed by atoms with Crippen LogP contribution in [0.25, 0.3) is 10.6 Å². The molecule has 2 atom stereocenters. The third-order valence-electron chi connectivity index (χ3n) is 5.14. The van der Waals surface area contributed by atoms with Gasteiger partial charge < -0.3 is 10.6 Å². The average molecular weight is 472 g/mol. The number of aromatic nitrogens is 2. The number of aryl methyl sites for hydroxylation is 2. The van der Waals surface area contributed by atoms with Crippen molar-refractivity contribution in [2.24, 2.45) is 5.92 Å². The van der Waals surface area contributed by atoms with Gasteiger partial charge in [-0.15, -0.1) is 10.2 Å². The van der Waals surface area contributed by atoms with E-state index in [0.29, 0.717) is 27.3 Å². The highest BCUT2D eigenvalue weighted by Gasteiger charge is 2.27. The van der Waals surface area contributed by atoms with Gasteiger partial charge in [0.1, 0.15) is 11.0 Å². The summed E-state index contributed by atoms with van der Waals surface area (Å²) in [6.07, 6.45) is 0.714. The first-order chi connectivity index (χ1) is 15.3. The second-order valence-electron chi connectivity index (χ2n) is 7.69. The molecule has 3 aromatic rings. The molecule has 0 spiro atoms. The monoisotopic (exact) mass is 471 g/mol. The number of rotatable bonds is 7. The van der Waals surface area contributed by atoms with Crippen LogP contribution in [-0.2, 0) is 4.79 Å². The molecule has 0 aliphatic heterocycles. The summed E-state index contributed by atoms with van der Waals surface area (Å²) in [5.41, 5.74) is 3.58. The molecule has 9 heteroatoms. The minimum Gasteiger partial charge on any atom is -0.326 e. The van der Waals surface area contributed by atoms with Crippen molar-refractivity contribution in [3.63, 3.8) is 0 Å². The molecule has 3 amide bonds. The molecule has 3 N–H and O–H groups in total. The van der Waals surface area contributed by atoms with E-state index in [1.54, 1.807) is 12.1 Å². The van der Waals surface area contributed by atoms with Gasteiger partial charge in [-0.25, -0.2) is 4.79 Å². The summed E-state index contributed by atoms with van der Waals surface area (Å²) in [5.74, 6) is -0.427. The Morgan fingerprint density at radius 2 is 1.88 bits per heavy atom. The maximum absolute atomic E-state index is 13.0. The van der Waals surface area contributed by atoms with Gasteiger partial charge in [0.2, 0.25) is 11.0 Å². The minimum absolute atomic E-state index is 0.0832. The quantitative estimate of drug-likeness (QED) is 0.414. The molecule has 168 valence electrons. The zero-order valence-corrected chi connectivity index (χ0v) is 20.0. The van der Waals surface area contributed by atoms with Crippen LogP contribution in [0.5, 0.6) is 0 Å². The zero-order valence-electron chi connectivity index (χ0n) is 18.4. The first-order valence-corrected chi connectivity index (χ1v) is 11.5. The number of nitrogens with one attached hydrogen (secondary N) is 3. The summed E-state index contributed by atoms with van der Waals surface area (Å²) in [7, 11) is 0. The normalized spacial score (nSPS) is 12.7. The number of carbonyl (C=O) groups is 2. The van der Waals surface area contributed by atoms with E-state index in [0.717, 1.165) is 16.7 Å². The Balaban J connectivity index is 1.69. The van der Waals surface area contributed by atoms with Gasteiger partial charge in [-0.1, -0.05) is 73.0 Å². The molecule has 2 aromatic carbocycles. The molecular weight excluding hydrogens is 446 g/mol. The topological polar surface area (TPSA) is 96.0 Å². The van der Waals surface area contributed by atoms with Crippen molar-refractivity contribution in [1.82, 2.24) is 15.5 Å². The highest BCUT2D eigenvalue weighted by molar-refractivity contribution is 7.18. The second kappa shape index (κ2) is 10.6. The summed E-state index contributed by atoms with van der Waals surface area (Å²) < 4.78 is 0. The molecule has 0 saturated carbocycles. The largest absolute Gasteiger partial charge is 0.326 e. The van der Waals surface area contributed by atoms with Crippen LogP contribution in [0.15, 0.2) is 42.5 Å². The number of halogens is 1. The molecule has 0 aliphatic rings. The maximum atomic E-state index is 13.0. The summed E-state index contributed by atoms with van der Waals surface area (Å²) >= 11 is 7.29. The molecule has 32 heavy (non-hydrogen) atoms. The zero-order chi connectivity index (χ0) is 23.3. The Morgan fingerprint density at radius 3 is 2.56 bits per heavy atom. The van der Waals surface area contributed by atoms with Crippen molar-refractivity contribution in [2.45, 2.75) is 40.2 Å². The fraction of sp³-hybridized carbons (Fsp3) is 0.304. The molecule has 1 aromatic heterocycles. The Kier molecular flexibility index (Phi) is 7.82. The average Bonchev–Trinajstić information content (AvgIpc) is 3.22. The van der Waals surface area contributed by atoms with Gasteiger partial charge in [-0.05, 0) is 43.5 Å². The lowest BCUT2D eigenvalue weighted by Gasteiger charge is -2.23. The summed E-state index contributed by atoms with van der Waals surface area (Å²) in [6.45, 7) is 7.80. The Bertz CT molecular complexity index is 1120. The van der Waals surface area contributed by atoms with Crippen molar-refractivity contribution in [3.8, 4) is 10.6 Å². The SMILES string of the molecule is CCC(C)C(NC(=O)Nc1ccc(C)cc1C)C(=O)Nc1nnc(-c2cccc(Cl)c2)s1. The van der Waals surface area contributed by atoms with Crippen LogP contribution in [0.1, 0.15) is 31.4 Å². The van der Waals surface area contributed by atoms with Crippen LogP contribution in [0.2, 0.25) is 5.02 Å². The van der Waals surface area contributed by atoms with Crippen molar-refractivity contribution in [3.05, 3.63) is 58.6 Å². The van der Waals surface area contributed by atoms with E-state index in [9.17, 15) is 9.59 Å². The first-order valence-electron chi connectivity index (χ1n) is 10.3. The van der Waals surface area contributed by atoms with E-state index < -0.39 is 12.1 Å². The van der Waals surface area contributed by atoms with Gasteiger partial charge in [0.15, 0.2) is 0 Å². The lowest BCUT2D eigenvalue weighted by molar-refractivity contribution is -0.119. The van der Waals surface area contributed by atoms with Crippen LogP contribution in [0.3, 0.4) is 0 Å². The lowest BCUT2D eigenvalue weighted by atomic mass is 9.98. The van der Waals surface area contributed by atoms with Gasteiger partial charge in [0, 0.05) is 16.3 Å². The molecular formula is C23H26ClN5O2S. The fourth-order valence-electron chi connectivity index (χ4n) is 3.15. The molecule has 0 radical (unpaired) electrons. The van der Waals surface area contributed by atoms with Gasteiger partial charge in [0.25, 0.3) is 0 Å². The highest BCUT2D eigenvalue weighted by Crippen LogP contribution is 2.28. The van der Waals surface area contributed by atoms with E-state index in [-0.39, 0.29) is 11.8 Å². The number of hydrogen-bond donors (Lipinski definition) is 3. The standard InChI is InChI=1S/C23H26ClN5O2S/c1-5-14(3)19(26-22(31)25-18-10-9-13(2)11-15(18)4)20(30)27-23-29-28-21(32-23)16-7-6-8-17(24)12-16/h6-12,14,19H,5H2,1-4H3,(H2,25,26,31)(H,27,29,30). The third-order valence-corrected chi connectivity index (χ3v) is 6.26. The second-order valence-corrected chi connectivity index (χ2v) is 9.11. The third kappa shape index (κ3) is 6.05. The van der Waals surface area contributed by atoms with Crippen LogP contribution >= 0.6 is 22.9 Å². The van der Waals surface area contributed by atoms with E-state index in [1.165, 1.54) is 11.3 Å². The summed E-state index contributed by atoms with van der Waals surface area (Å²) in [5, 5.41) is 18.2. The lowest BCUT2D eigenvalue weighted by Crippen LogP contribution is -2.49. The number of hydrogen-bond acceptors (Lipinski definition) is 5. The van der Waals surface area contributed by atoms with E-state index in [4.69, 9.17) is 11.6 Å². The van der Waals surface area contributed by atoms with Crippen LogP contribution in [0.4, 0.5) is 15.6 Å². The number of anilines is 2. The van der Waals surface area contributed by atoms with Gasteiger partial charge in [-0.3, -0.25) is 10.1 Å². The highest BCUT2D eigenvalue weighted by atomic mass is 35.5. The molecule has 7 nitrogen and oxygen atoms in total. The number of benzene rings is 2. The number of amides is 3. The van der Waals surface area contributed by atoms with Crippen LogP contribution in [-0.4, -0.2) is 28.2 Å². The minimum atomic E-state index is -0.732. The summed E-state index contributed by atoms with van der Waals surface area (Å²) in [6, 6.07) is 11.9.